The van der Waals surface area contributed by atoms with Crippen molar-refractivity contribution in [2.24, 2.45) is 11.8 Å². The van der Waals surface area contributed by atoms with Gasteiger partial charge in [0.2, 0.25) is 0 Å². The van der Waals surface area contributed by atoms with Crippen LogP contribution in [0.25, 0.3) is 0 Å². The van der Waals surface area contributed by atoms with E-state index in [1.165, 1.54) is 24.8 Å². The summed E-state index contributed by atoms with van der Waals surface area (Å²) in [6.45, 7) is 6.20. The summed E-state index contributed by atoms with van der Waals surface area (Å²) in [4.78, 5) is 4.45. The van der Waals surface area contributed by atoms with Gasteiger partial charge in [-0.05, 0) is 49.8 Å². The lowest BCUT2D eigenvalue weighted by Crippen LogP contribution is -2.26. The fraction of sp³-hybridized carbons (Fsp3) is 0.688. The van der Waals surface area contributed by atoms with Gasteiger partial charge in [-0.2, -0.15) is 0 Å². The molecule has 0 aromatic carbocycles. The predicted octanol–water partition coefficient (Wildman–Crippen LogP) is 3.14. The fourth-order valence-corrected chi connectivity index (χ4v) is 2.70. The molecule has 3 nitrogen and oxygen atoms in total. The lowest BCUT2D eigenvalue weighted by molar-refractivity contribution is -0.00876. The molecule has 1 aromatic rings. The molecule has 0 bridgehead atoms. The molecular formula is C16H26N2O. The molecule has 0 radical (unpaired) electrons. The van der Waals surface area contributed by atoms with Gasteiger partial charge in [0.1, 0.15) is 0 Å². The molecule has 1 aliphatic rings. The normalized spacial score (nSPS) is 27.4. The highest BCUT2D eigenvalue weighted by molar-refractivity contribution is 5.13. The first-order valence-electron chi connectivity index (χ1n) is 7.39. The predicted molar refractivity (Wildman–Crippen MR) is 77.8 cm³/mol. The molecule has 1 heterocycles. The quantitative estimate of drug-likeness (QED) is 0.885. The van der Waals surface area contributed by atoms with Crippen LogP contribution in [0, 0.1) is 11.8 Å². The summed E-state index contributed by atoms with van der Waals surface area (Å²) in [5.74, 6) is 1.63. The minimum Gasteiger partial charge on any atom is -0.372 e. The Morgan fingerprint density at radius 3 is 2.74 bits per heavy atom. The molecule has 1 N–H and O–H groups in total. The monoisotopic (exact) mass is 262 g/mol. The van der Waals surface area contributed by atoms with Gasteiger partial charge in [-0.1, -0.05) is 19.9 Å². The van der Waals surface area contributed by atoms with Crippen molar-refractivity contribution in [1.29, 1.82) is 0 Å². The number of hydrogen-bond acceptors (Lipinski definition) is 3. The standard InChI is InChI=1S/C16H26N2O/c1-12-4-7-16(8-13(12)2)19-11-15-6-5-14(9-17-3)10-18-15/h5-6,10,12-13,16-17H,4,7-9,11H2,1-3H3. The van der Waals surface area contributed by atoms with E-state index in [2.05, 4.69) is 36.3 Å². The molecule has 106 valence electrons. The maximum absolute atomic E-state index is 6.01. The van der Waals surface area contributed by atoms with Crippen molar-refractivity contribution in [3.8, 4) is 0 Å². The number of rotatable bonds is 5. The van der Waals surface area contributed by atoms with Crippen molar-refractivity contribution in [3.63, 3.8) is 0 Å². The third-order valence-corrected chi connectivity index (χ3v) is 4.28. The van der Waals surface area contributed by atoms with E-state index in [9.17, 15) is 0 Å². The van der Waals surface area contributed by atoms with E-state index in [1.54, 1.807) is 0 Å². The van der Waals surface area contributed by atoms with E-state index in [-0.39, 0.29) is 0 Å². The Balaban J connectivity index is 1.79. The SMILES string of the molecule is CNCc1ccc(COC2CCC(C)C(C)C2)nc1. The fourth-order valence-electron chi connectivity index (χ4n) is 2.70. The van der Waals surface area contributed by atoms with Crippen LogP contribution in [0.4, 0.5) is 0 Å². The van der Waals surface area contributed by atoms with Gasteiger partial charge in [-0.25, -0.2) is 0 Å². The Hall–Kier alpha value is -0.930. The number of nitrogens with one attached hydrogen (secondary N) is 1. The van der Waals surface area contributed by atoms with Crippen molar-refractivity contribution < 1.29 is 4.74 Å². The Labute approximate surface area is 116 Å². The average molecular weight is 262 g/mol. The largest absolute Gasteiger partial charge is 0.372 e. The summed E-state index contributed by atoms with van der Waals surface area (Å²) in [6, 6.07) is 4.19. The van der Waals surface area contributed by atoms with Crippen LogP contribution in [-0.4, -0.2) is 18.1 Å². The van der Waals surface area contributed by atoms with Crippen LogP contribution in [0.2, 0.25) is 0 Å². The summed E-state index contributed by atoms with van der Waals surface area (Å²) < 4.78 is 6.01. The van der Waals surface area contributed by atoms with Crippen molar-refractivity contribution in [3.05, 3.63) is 29.6 Å². The second-order valence-electron chi connectivity index (χ2n) is 5.89. The molecule has 1 saturated carbocycles. The minimum absolute atomic E-state index is 0.421. The summed E-state index contributed by atoms with van der Waals surface area (Å²) in [5.41, 5.74) is 2.25. The van der Waals surface area contributed by atoms with Crippen LogP contribution in [0.3, 0.4) is 0 Å². The zero-order valence-corrected chi connectivity index (χ0v) is 12.4. The average Bonchev–Trinajstić information content (AvgIpc) is 2.42. The van der Waals surface area contributed by atoms with Gasteiger partial charge in [0.25, 0.3) is 0 Å². The first-order valence-corrected chi connectivity index (χ1v) is 7.39. The Bertz CT molecular complexity index is 377. The van der Waals surface area contributed by atoms with Crippen molar-refractivity contribution >= 4 is 0 Å². The molecule has 1 fully saturated rings. The molecule has 3 atom stereocenters. The van der Waals surface area contributed by atoms with E-state index >= 15 is 0 Å². The number of ether oxygens (including phenoxy) is 1. The van der Waals surface area contributed by atoms with E-state index in [1.807, 2.05) is 13.2 Å². The van der Waals surface area contributed by atoms with Crippen molar-refractivity contribution in [1.82, 2.24) is 10.3 Å². The van der Waals surface area contributed by atoms with E-state index in [0.29, 0.717) is 12.7 Å². The highest BCUT2D eigenvalue weighted by Crippen LogP contribution is 2.31. The molecule has 0 spiro atoms. The molecule has 19 heavy (non-hydrogen) atoms. The van der Waals surface area contributed by atoms with E-state index in [0.717, 1.165) is 24.1 Å². The van der Waals surface area contributed by atoms with Gasteiger partial charge >= 0.3 is 0 Å². The van der Waals surface area contributed by atoms with Gasteiger partial charge in [0.15, 0.2) is 0 Å². The zero-order valence-electron chi connectivity index (χ0n) is 12.4. The van der Waals surface area contributed by atoms with Gasteiger partial charge in [-0.3, -0.25) is 4.98 Å². The molecular weight excluding hydrogens is 236 g/mol. The number of aromatic nitrogens is 1. The molecule has 0 saturated heterocycles. The topological polar surface area (TPSA) is 34.1 Å². The second kappa shape index (κ2) is 7.01. The molecule has 0 aliphatic heterocycles. The summed E-state index contributed by atoms with van der Waals surface area (Å²) in [6.07, 6.45) is 6.04. The lowest BCUT2D eigenvalue weighted by Gasteiger charge is -2.31. The zero-order chi connectivity index (χ0) is 13.7. The van der Waals surface area contributed by atoms with Gasteiger partial charge in [0, 0.05) is 12.7 Å². The third-order valence-electron chi connectivity index (χ3n) is 4.28. The maximum Gasteiger partial charge on any atom is 0.0891 e. The highest BCUT2D eigenvalue weighted by atomic mass is 16.5. The van der Waals surface area contributed by atoms with Crippen LogP contribution < -0.4 is 5.32 Å². The second-order valence-corrected chi connectivity index (χ2v) is 5.89. The van der Waals surface area contributed by atoms with Crippen LogP contribution in [0.15, 0.2) is 18.3 Å². The van der Waals surface area contributed by atoms with Crippen LogP contribution >= 0.6 is 0 Å². The Morgan fingerprint density at radius 2 is 2.11 bits per heavy atom. The number of nitrogens with zero attached hydrogens (tertiary/aromatic N) is 1. The first-order chi connectivity index (χ1) is 9.19. The Kier molecular flexibility index (Phi) is 5.34. The number of pyridine rings is 1. The smallest absolute Gasteiger partial charge is 0.0891 e. The molecule has 3 unspecified atom stereocenters. The minimum atomic E-state index is 0.421. The highest BCUT2D eigenvalue weighted by Gasteiger charge is 2.24. The van der Waals surface area contributed by atoms with Crippen molar-refractivity contribution in [2.45, 2.75) is 52.4 Å². The summed E-state index contributed by atoms with van der Waals surface area (Å²) in [7, 11) is 1.95. The summed E-state index contributed by atoms with van der Waals surface area (Å²) in [5, 5.41) is 3.12. The van der Waals surface area contributed by atoms with E-state index < -0.39 is 0 Å². The van der Waals surface area contributed by atoms with Gasteiger partial charge in [-0.15, -0.1) is 0 Å². The first kappa shape index (κ1) is 14.5. The van der Waals surface area contributed by atoms with Crippen LogP contribution in [-0.2, 0) is 17.9 Å². The van der Waals surface area contributed by atoms with Crippen molar-refractivity contribution in [2.75, 3.05) is 7.05 Å². The van der Waals surface area contributed by atoms with Gasteiger partial charge in [0.05, 0.1) is 18.4 Å². The number of hydrogen-bond donors (Lipinski definition) is 1. The van der Waals surface area contributed by atoms with Gasteiger partial charge < -0.3 is 10.1 Å². The molecule has 2 rings (SSSR count). The van der Waals surface area contributed by atoms with Crippen LogP contribution in [0.5, 0.6) is 0 Å². The molecule has 1 aliphatic carbocycles. The Morgan fingerprint density at radius 1 is 1.26 bits per heavy atom. The third kappa shape index (κ3) is 4.29. The lowest BCUT2D eigenvalue weighted by atomic mass is 9.80. The molecule has 3 heteroatoms. The molecule has 0 amide bonds. The maximum atomic E-state index is 6.01. The molecule has 1 aromatic heterocycles. The summed E-state index contributed by atoms with van der Waals surface area (Å²) >= 11 is 0. The van der Waals surface area contributed by atoms with E-state index in [4.69, 9.17) is 4.74 Å². The van der Waals surface area contributed by atoms with Crippen LogP contribution in [0.1, 0.15) is 44.4 Å².